The Morgan fingerprint density at radius 2 is 2.05 bits per heavy atom. The van der Waals surface area contributed by atoms with Crippen molar-refractivity contribution in [2.75, 3.05) is 13.1 Å². The van der Waals surface area contributed by atoms with Crippen LogP contribution in [0.3, 0.4) is 0 Å². The molecule has 20 heavy (non-hydrogen) atoms. The summed E-state index contributed by atoms with van der Waals surface area (Å²) in [7, 11) is 0. The summed E-state index contributed by atoms with van der Waals surface area (Å²) in [5, 5.41) is 19.6. The zero-order valence-electron chi connectivity index (χ0n) is 11.8. The Bertz CT molecular complexity index is 473. The molecule has 1 aromatic carbocycles. The molecule has 0 bridgehead atoms. The minimum atomic E-state index is -0.821. The highest BCUT2D eigenvalue weighted by Crippen LogP contribution is 2.34. The lowest BCUT2D eigenvalue weighted by atomic mass is 10.0. The highest BCUT2D eigenvalue weighted by molar-refractivity contribution is 5.23. The molecule has 0 saturated carbocycles. The zero-order chi connectivity index (χ0) is 14.9. The van der Waals surface area contributed by atoms with Gasteiger partial charge in [-0.1, -0.05) is 0 Å². The molecular weight excluding hydrogens is 264 g/mol. The molecule has 112 valence electrons. The van der Waals surface area contributed by atoms with Crippen LogP contribution < -0.4 is 0 Å². The van der Waals surface area contributed by atoms with E-state index in [0.29, 0.717) is 25.9 Å². The third-order valence-electron chi connectivity index (χ3n) is 3.71. The molecule has 3 nitrogen and oxygen atoms in total. The van der Waals surface area contributed by atoms with Crippen molar-refractivity contribution in [3.8, 4) is 0 Å². The van der Waals surface area contributed by atoms with Crippen LogP contribution in [-0.4, -0.2) is 39.9 Å². The van der Waals surface area contributed by atoms with E-state index in [9.17, 15) is 19.0 Å². The number of hydrogen-bond acceptors (Lipinski definition) is 3. The van der Waals surface area contributed by atoms with Gasteiger partial charge in [-0.3, -0.25) is 4.90 Å². The van der Waals surface area contributed by atoms with E-state index in [1.165, 1.54) is 6.07 Å². The first-order valence-corrected chi connectivity index (χ1v) is 6.86. The number of likely N-dealkylation sites (tertiary alicyclic amines) is 1. The van der Waals surface area contributed by atoms with Crippen molar-refractivity contribution in [2.24, 2.45) is 0 Å². The zero-order valence-corrected chi connectivity index (χ0v) is 11.8. The Kier molecular flexibility index (Phi) is 4.42. The van der Waals surface area contributed by atoms with Crippen molar-refractivity contribution in [2.45, 2.75) is 44.4 Å². The van der Waals surface area contributed by atoms with Gasteiger partial charge in [-0.15, -0.1) is 0 Å². The summed E-state index contributed by atoms with van der Waals surface area (Å²) in [5.74, 6) is -0.941. The van der Waals surface area contributed by atoms with E-state index in [2.05, 4.69) is 0 Å². The Labute approximate surface area is 117 Å². The van der Waals surface area contributed by atoms with E-state index < -0.39 is 23.3 Å². The molecule has 1 heterocycles. The molecule has 0 aliphatic carbocycles. The summed E-state index contributed by atoms with van der Waals surface area (Å²) >= 11 is 0. The van der Waals surface area contributed by atoms with Gasteiger partial charge in [-0.05, 0) is 44.9 Å². The van der Waals surface area contributed by atoms with Crippen LogP contribution in [-0.2, 0) is 0 Å². The largest absolute Gasteiger partial charge is 0.392 e. The second kappa shape index (κ2) is 5.76. The fourth-order valence-corrected chi connectivity index (χ4v) is 2.64. The summed E-state index contributed by atoms with van der Waals surface area (Å²) < 4.78 is 27.2. The van der Waals surface area contributed by atoms with Gasteiger partial charge < -0.3 is 10.2 Å². The van der Waals surface area contributed by atoms with Crippen molar-refractivity contribution in [1.82, 2.24) is 4.90 Å². The van der Waals surface area contributed by atoms with E-state index in [0.717, 1.165) is 12.1 Å². The van der Waals surface area contributed by atoms with Crippen LogP contribution in [0.2, 0.25) is 0 Å². The highest BCUT2D eigenvalue weighted by atomic mass is 19.1. The van der Waals surface area contributed by atoms with Crippen molar-refractivity contribution < 1.29 is 19.0 Å². The number of aliphatic hydroxyl groups is 2. The fraction of sp³-hybridized carbons (Fsp3) is 0.600. The van der Waals surface area contributed by atoms with Crippen molar-refractivity contribution in [3.63, 3.8) is 0 Å². The summed E-state index contributed by atoms with van der Waals surface area (Å²) in [6.45, 7) is 4.35. The summed E-state index contributed by atoms with van der Waals surface area (Å²) in [6, 6.07) is 3.05. The predicted octanol–water partition coefficient (Wildman–Crippen LogP) is 2.23. The van der Waals surface area contributed by atoms with E-state index >= 15 is 0 Å². The monoisotopic (exact) mass is 285 g/mol. The van der Waals surface area contributed by atoms with Crippen molar-refractivity contribution in [3.05, 3.63) is 35.4 Å². The van der Waals surface area contributed by atoms with Crippen LogP contribution in [0.5, 0.6) is 0 Å². The number of aliphatic hydroxyl groups excluding tert-OH is 1. The van der Waals surface area contributed by atoms with Gasteiger partial charge in [0, 0.05) is 24.7 Å². The van der Waals surface area contributed by atoms with Gasteiger partial charge in [0.2, 0.25) is 0 Å². The van der Waals surface area contributed by atoms with Gasteiger partial charge in [0.1, 0.15) is 11.6 Å². The Balaban J connectivity index is 2.17. The SMILES string of the molecule is CC(C)(O)CCN1C[C@@H](O)C[C@@H]1c1cc(F)ccc1F. The number of hydrogen-bond donors (Lipinski definition) is 2. The van der Waals surface area contributed by atoms with E-state index in [1.807, 2.05) is 4.90 Å². The molecular formula is C15H21F2NO2. The fourth-order valence-electron chi connectivity index (χ4n) is 2.64. The molecule has 0 spiro atoms. The average molecular weight is 285 g/mol. The lowest BCUT2D eigenvalue weighted by Gasteiger charge is -2.27. The average Bonchev–Trinajstić information content (AvgIpc) is 2.70. The maximum absolute atomic E-state index is 13.9. The Morgan fingerprint density at radius 3 is 2.70 bits per heavy atom. The van der Waals surface area contributed by atoms with Crippen molar-refractivity contribution >= 4 is 0 Å². The van der Waals surface area contributed by atoms with E-state index in [-0.39, 0.29) is 11.6 Å². The first-order chi connectivity index (χ1) is 9.26. The Hall–Kier alpha value is -1.04. The molecule has 2 N–H and O–H groups in total. The van der Waals surface area contributed by atoms with Crippen LogP contribution in [0, 0.1) is 11.6 Å². The number of rotatable bonds is 4. The molecule has 2 rings (SSSR count). The highest BCUT2D eigenvalue weighted by Gasteiger charge is 2.34. The lowest BCUT2D eigenvalue weighted by molar-refractivity contribution is 0.0541. The lowest BCUT2D eigenvalue weighted by Crippen LogP contribution is -2.32. The van der Waals surface area contributed by atoms with Crippen molar-refractivity contribution in [1.29, 1.82) is 0 Å². The number of halogens is 2. The molecule has 0 aromatic heterocycles. The first kappa shape index (κ1) is 15.4. The first-order valence-electron chi connectivity index (χ1n) is 6.86. The quantitative estimate of drug-likeness (QED) is 0.891. The molecule has 1 aliphatic heterocycles. The van der Waals surface area contributed by atoms with Crippen LogP contribution in [0.25, 0.3) is 0 Å². The normalized spacial score (nSPS) is 24.3. The maximum atomic E-state index is 13.9. The standard InChI is InChI=1S/C15H21F2NO2/c1-15(2,20)5-6-18-9-11(19)8-14(18)12-7-10(16)3-4-13(12)17/h3-4,7,11,14,19-20H,5-6,8-9H2,1-2H3/t11-,14+/m0/s1. The predicted molar refractivity (Wildman–Crippen MR) is 72.2 cm³/mol. The van der Waals surface area contributed by atoms with Gasteiger partial charge in [-0.2, -0.15) is 0 Å². The molecule has 1 aliphatic rings. The van der Waals surface area contributed by atoms with E-state index in [1.54, 1.807) is 13.8 Å². The molecule has 0 amide bonds. The third-order valence-corrected chi connectivity index (χ3v) is 3.71. The third kappa shape index (κ3) is 3.75. The van der Waals surface area contributed by atoms with Gasteiger partial charge in [0.25, 0.3) is 0 Å². The minimum Gasteiger partial charge on any atom is -0.392 e. The Morgan fingerprint density at radius 1 is 1.35 bits per heavy atom. The number of nitrogens with zero attached hydrogens (tertiary/aromatic N) is 1. The van der Waals surface area contributed by atoms with Gasteiger partial charge >= 0.3 is 0 Å². The second-order valence-electron chi connectivity index (χ2n) is 6.13. The summed E-state index contributed by atoms with van der Waals surface area (Å²) in [4.78, 5) is 1.90. The molecule has 5 heteroatoms. The molecule has 1 aromatic rings. The molecule has 0 radical (unpaired) electrons. The van der Waals surface area contributed by atoms with Gasteiger partial charge in [0.05, 0.1) is 11.7 Å². The molecule has 0 unspecified atom stereocenters. The van der Waals surface area contributed by atoms with Crippen LogP contribution in [0.15, 0.2) is 18.2 Å². The second-order valence-corrected chi connectivity index (χ2v) is 6.13. The smallest absolute Gasteiger partial charge is 0.128 e. The molecule has 1 saturated heterocycles. The van der Waals surface area contributed by atoms with Gasteiger partial charge in [-0.25, -0.2) is 8.78 Å². The van der Waals surface area contributed by atoms with Crippen LogP contribution >= 0.6 is 0 Å². The summed E-state index contributed by atoms with van der Waals surface area (Å²) in [5.41, 5.74) is -0.546. The summed E-state index contributed by atoms with van der Waals surface area (Å²) in [6.07, 6.45) is 0.337. The molecule has 1 fully saturated rings. The maximum Gasteiger partial charge on any atom is 0.128 e. The number of benzene rings is 1. The molecule has 2 atom stereocenters. The minimum absolute atomic E-state index is 0.275. The van der Waals surface area contributed by atoms with Crippen LogP contribution in [0.1, 0.15) is 38.3 Å². The topological polar surface area (TPSA) is 43.7 Å². The van der Waals surface area contributed by atoms with E-state index in [4.69, 9.17) is 0 Å². The van der Waals surface area contributed by atoms with Gasteiger partial charge in [0.15, 0.2) is 0 Å². The number of β-amino-alcohol motifs (C(OH)–C–C–N with tert-alkyl or cyclic N) is 1. The van der Waals surface area contributed by atoms with Crippen LogP contribution in [0.4, 0.5) is 8.78 Å².